The summed E-state index contributed by atoms with van der Waals surface area (Å²) in [6.45, 7) is 0.427. The van der Waals surface area contributed by atoms with E-state index in [9.17, 15) is 8.78 Å². The molecule has 1 heterocycles. The highest BCUT2D eigenvalue weighted by molar-refractivity contribution is 6.30. The fraction of sp³-hybridized carbons (Fsp3) is 0.143. The zero-order valence-corrected chi connectivity index (χ0v) is 10.5. The number of anilines is 1. The molecule has 2 nitrogen and oxygen atoms in total. The van der Waals surface area contributed by atoms with Gasteiger partial charge in [0.25, 0.3) is 0 Å². The molecule has 0 amide bonds. The molecule has 0 saturated carbocycles. The summed E-state index contributed by atoms with van der Waals surface area (Å²) in [5, 5.41) is 3.74. The van der Waals surface area contributed by atoms with E-state index in [-0.39, 0.29) is 0 Å². The minimum Gasteiger partial charge on any atom is -0.482 e. The van der Waals surface area contributed by atoms with Gasteiger partial charge in [0, 0.05) is 11.1 Å². The van der Waals surface area contributed by atoms with E-state index in [1.807, 2.05) is 0 Å². The maximum absolute atomic E-state index is 13.2. The first kappa shape index (κ1) is 12.2. The normalized spacial score (nSPS) is 17.3. The lowest BCUT2D eigenvalue weighted by Crippen LogP contribution is -2.23. The number of hydrogen-bond acceptors (Lipinski definition) is 2. The molecule has 98 valence electrons. The molecule has 0 bridgehead atoms. The molecular weight excluding hydrogens is 272 g/mol. The van der Waals surface area contributed by atoms with Gasteiger partial charge in [0.2, 0.25) is 0 Å². The number of nitrogens with one attached hydrogen (secondary N) is 1. The number of fused-ring (bicyclic) bond motifs is 1. The van der Waals surface area contributed by atoms with E-state index >= 15 is 0 Å². The van der Waals surface area contributed by atoms with Gasteiger partial charge in [-0.1, -0.05) is 11.6 Å². The van der Waals surface area contributed by atoms with Gasteiger partial charge in [0.15, 0.2) is 0 Å². The Morgan fingerprint density at radius 2 is 1.84 bits per heavy atom. The lowest BCUT2D eigenvalue weighted by atomic mass is 10.1. The van der Waals surface area contributed by atoms with Gasteiger partial charge < -0.3 is 10.1 Å². The predicted molar refractivity (Wildman–Crippen MR) is 69.7 cm³/mol. The molecule has 1 N–H and O–H groups in total. The molecule has 0 spiro atoms. The lowest BCUT2D eigenvalue weighted by Gasteiger charge is -2.27. The van der Waals surface area contributed by atoms with Gasteiger partial charge >= 0.3 is 0 Å². The Morgan fingerprint density at radius 1 is 1.11 bits per heavy atom. The Hall–Kier alpha value is -1.81. The average Bonchev–Trinajstić information content (AvgIpc) is 2.37. The van der Waals surface area contributed by atoms with E-state index in [1.54, 1.807) is 18.2 Å². The van der Waals surface area contributed by atoms with Gasteiger partial charge in [-0.3, -0.25) is 0 Å². The van der Waals surface area contributed by atoms with Crippen molar-refractivity contribution < 1.29 is 13.5 Å². The van der Waals surface area contributed by atoms with E-state index in [2.05, 4.69) is 5.32 Å². The van der Waals surface area contributed by atoms with Crippen molar-refractivity contribution in [2.24, 2.45) is 0 Å². The van der Waals surface area contributed by atoms with Gasteiger partial charge in [-0.25, -0.2) is 8.78 Å². The number of benzene rings is 2. The highest BCUT2D eigenvalue weighted by atomic mass is 35.5. The minimum atomic E-state index is -0.611. The number of halogens is 3. The first-order valence-electron chi connectivity index (χ1n) is 5.78. The molecule has 19 heavy (non-hydrogen) atoms. The number of rotatable bonds is 1. The first-order chi connectivity index (χ1) is 9.11. The van der Waals surface area contributed by atoms with E-state index in [1.165, 1.54) is 12.1 Å². The topological polar surface area (TPSA) is 21.3 Å². The van der Waals surface area contributed by atoms with Crippen molar-refractivity contribution in [1.29, 1.82) is 0 Å². The largest absolute Gasteiger partial charge is 0.482 e. The van der Waals surface area contributed by atoms with E-state index < -0.39 is 17.7 Å². The maximum atomic E-state index is 13.2. The third-order valence-corrected chi connectivity index (χ3v) is 3.18. The monoisotopic (exact) mass is 281 g/mol. The predicted octanol–water partition coefficient (Wildman–Crippen LogP) is 4.16. The SMILES string of the molecule is Fc1cc(F)cc(C2CNc3cc(Cl)ccc3O2)c1. The van der Waals surface area contributed by atoms with Crippen LogP contribution in [0.1, 0.15) is 11.7 Å². The molecule has 1 aliphatic rings. The Bertz CT molecular complexity index is 613. The van der Waals surface area contributed by atoms with Crippen molar-refractivity contribution in [1.82, 2.24) is 0 Å². The van der Waals surface area contributed by atoms with Gasteiger partial charge in [-0.05, 0) is 35.9 Å². The lowest BCUT2D eigenvalue weighted by molar-refractivity contribution is 0.209. The van der Waals surface area contributed by atoms with Crippen molar-refractivity contribution in [3.63, 3.8) is 0 Å². The molecule has 2 aromatic rings. The second kappa shape index (κ2) is 4.70. The Balaban J connectivity index is 1.91. The highest BCUT2D eigenvalue weighted by Crippen LogP contribution is 2.36. The molecule has 0 aromatic heterocycles. The Kier molecular flexibility index (Phi) is 3.03. The Morgan fingerprint density at radius 3 is 2.58 bits per heavy atom. The van der Waals surface area contributed by atoms with Crippen molar-refractivity contribution in [3.05, 3.63) is 58.6 Å². The third kappa shape index (κ3) is 2.49. The van der Waals surface area contributed by atoms with Gasteiger partial charge in [-0.15, -0.1) is 0 Å². The molecule has 3 rings (SSSR count). The molecule has 0 fully saturated rings. The average molecular weight is 282 g/mol. The summed E-state index contributed by atoms with van der Waals surface area (Å²) in [6.07, 6.45) is -0.432. The molecule has 2 aromatic carbocycles. The van der Waals surface area contributed by atoms with Crippen LogP contribution in [0.5, 0.6) is 5.75 Å². The fourth-order valence-corrected chi connectivity index (χ4v) is 2.26. The van der Waals surface area contributed by atoms with E-state index in [0.717, 1.165) is 11.8 Å². The van der Waals surface area contributed by atoms with Crippen LogP contribution in [0, 0.1) is 11.6 Å². The molecule has 1 aliphatic heterocycles. The summed E-state index contributed by atoms with van der Waals surface area (Å²) in [5.74, 6) is -0.605. The van der Waals surface area contributed by atoms with Gasteiger partial charge in [-0.2, -0.15) is 0 Å². The summed E-state index contributed by atoms with van der Waals surface area (Å²) >= 11 is 5.88. The van der Waals surface area contributed by atoms with Crippen molar-refractivity contribution in [3.8, 4) is 5.75 Å². The number of hydrogen-bond donors (Lipinski definition) is 1. The zero-order chi connectivity index (χ0) is 13.4. The number of ether oxygens (including phenoxy) is 1. The summed E-state index contributed by atoms with van der Waals surface area (Å²) in [5.41, 5.74) is 1.24. The van der Waals surface area contributed by atoms with Crippen LogP contribution in [-0.2, 0) is 0 Å². The highest BCUT2D eigenvalue weighted by Gasteiger charge is 2.22. The summed E-state index contributed by atoms with van der Waals surface area (Å²) < 4.78 is 32.1. The van der Waals surface area contributed by atoms with Crippen LogP contribution in [0.15, 0.2) is 36.4 Å². The maximum Gasteiger partial charge on any atom is 0.143 e. The van der Waals surface area contributed by atoms with Crippen LogP contribution in [0.4, 0.5) is 14.5 Å². The zero-order valence-electron chi connectivity index (χ0n) is 9.79. The molecule has 5 heteroatoms. The van der Waals surface area contributed by atoms with E-state index in [0.29, 0.717) is 22.9 Å². The molecule has 0 radical (unpaired) electrons. The molecule has 1 atom stereocenters. The fourth-order valence-electron chi connectivity index (χ4n) is 2.09. The second-order valence-electron chi connectivity index (χ2n) is 4.33. The minimum absolute atomic E-state index is 0.427. The molecule has 0 saturated heterocycles. The quantitative estimate of drug-likeness (QED) is 0.847. The standard InChI is InChI=1S/C14H10ClF2NO/c15-9-1-2-13-12(5-9)18-7-14(19-13)8-3-10(16)6-11(17)4-8/h1-6,14,18H,7H2. The third-order valence-electron chi connectivity index (χ3n) is 2.95. The molecule has 0 aliphatic carbocycles. The van der Waals surface area contributed by atoms with Crippen LogP contribution in [0.3, 0.4) is 0 Å². The first-order valence-corrected chi connectivity index (χ1v) is 6.16. The smallest absolute Gasteiger partial charge is 0.143 e. The van der Waals surface area contributed by atoms with Crippen LogP contribution in [0.25, 0.3) is 0 Å². The van der Waals surface area contributed by atoms with Crippen LogP contribution in [-0.4, -0.2) is 6.54 Å². The van der Waals surface area contributed by atoms with Gasteiger partial charge in [0.1, 0.15) is 23.5 Å². The Labute approximate surface area is 114 Å². The second-order valence-corrected chi connectivity index (χ2v) is 4.77. The van der Waals surface area contributed by atoms with Crippen molar-refractivity contribution in [2.75, 3.05) is 11.9 Å². The summed E-state index contributed by atoms with van der Waals surface area (Å²) in [7, 11) is 0. The van der Waals surface area contributed by atoms with Crippen LogP contribution < -0.4 is 10.1 Å². The van der Waals surface area contributed by atoms with E-state index in [4.69, 9.17) is 16.3 Å². The van der Waals surface area contributed by atoms with Crippen molar-refractivity contribution in [2.45, 2.75) is 6.10 Å². The summed E-state index contributed by atoms with van der Waals surface area (Å²) in [4.78, 5) is 0. The van der Waals surface area contributed by atoms with Crippen LogP contribution in [0.2, 0.25) is 5.02 Å². The van der Waals surface area contributed by atoms with Gasteiger partial charge in [0.05, 0.1) is 12.2 Å². The molecule has 1 unspecified atom stereocenters. The van der Waals surface area contributed by atoms with Crippen LogP contribution >= 0.6 is 11.6 Å². The van der Waals surface area contributed by atoms with Crippen molar-refractivity contribution >= 4 is 17.3 Å². The summed E-state index contributed by atoms with van der Waals surface area (Å²) in [6, 6.07) is 8.57. The molecular formula is C14H10ClF2NO.